The molecule has 0 aliphatic heterocycles. The lowest BCUT2D eigenvalue weighted by atomic mass is 10.1. The summed E-state index contributed by atoms with van der Waals surface area (Å²) < 4.78 is 37.5. The summed E-state index contributed by atoms with van der Waals surface area (Å²) in [6.07, 6.45) is -4.32. The first kappa shape index (κ1) is 10.2. The standard InChI is InChI=1S/C10H6F3NS/c11-10(12,13)7-3-1-6-2-4-9(15)14-8(6)5-7/h1-5H,(H,14,15). The number of pyridine rings is 1. The van der Waals surface area contributed by atoms with Crippen LogP contribution in [0.1, 0.15) is 5.56 Å². The van der Waals surface area contributed by atoms with Crippen molar-refractivity contribution in [2.24, 2.45) is 0 Å². The topological polar surface area (TPSA) is 15.8 Å². The lowest BCUT2D eigenvalue weighted by Crippen LogP contribution is -2.04. The molecule has 1 heterocycles. The molecule has 0 saturated heterocycles. The molecule has 2 aromatic rings. The Hall–Kier alpha value is -1.36. The van der Waals surface area contributed by atoms with Crippen LogP contribution in [0, 0.1) is 4.64 Å². The maximum absolute atomic E-state index is 12.4. The average molecular weight is 229 g/mol. The summed E-state index contributed by atoms with van der Waals surface area (Å²) in [5.41, 5.74) is -0.274. The van der Waals surface area contributed by atoms with Gasteiger partial charge in [0.15, 0.2) is 0 Å². The minimum absolute atomic E-state index is 0.400. The largest absolute Gasteiger partial charge is 0.416 e. The second-order valence-electron chi connectivity index (χ2n) is 3.12. The van der Waals surface area contributed by atoms with Gasteiger partial charge < -0.3 is 4.98 Å². The van der Waals surface area contributed by atoms with Crippen molar-refractivity contribution in [3.8, 4) is 0 Å². The van der Waals surface area contributed by atoms with Crippen LogP contribution in [0.25, 0.3) is 10.9 Å². The molecule has 1 N–H and O–H groups in total. The van der Waals surface area contributed by atoms with Crippen molar-refractivity contribution >= 4 is 23.1 Å². The highest BCUT2D eigenvalue weighted by Crippen LogP contribution is 2.30. The second kappa shape index (κ2) is 3.34. The van der Waals surface area contributed by atoms with Crippen molar-refractivity contribution in [1.29, 1.82) is 0 Å². The Morgan fingerprint density at radius 1 is 1.07 bits per heavy atom. The van der Waals surface area contributed by atoms with Gasteiger partial charge in [-0.1, -0.05) is 18.3 Å². The van der Waals surface area contributed by atoms with Gasteiger partial charge in [0, 0.05) is 5.52 Å². The Morgan fingerprint density at radius 2 is 1.73 bits per heavy atom. The summed E-state index contributed by atoms with van der Waals surface area (Å²) in [6.45, 7) is 0. The second-order valence-corrected chi connectivity index (χ2v) is 3.56. The van der Waals surface area contributed by atoms with Crippen LogP contribution >= 0.6 is 12.2 Å². The lowest BCUT2D eigenvalue weighted by molar-refractivity contribution is -0.137. The molecule has 2 rings (SSSR count). The Bertz CT molecular complexity index is 556. The molecule has 1 aromatic carbocycles. The molecule has 1 nitrogen and oxygen atoms in total. The van der Waals surface area contributed by atoms with E-state index in [1.54, 1.807) is 12.1 Å². The number of benzene rings is 1. The number of alkyl halides is 3. The van der Waals surface area contributed by atoms with E-state index in [1.807, 2.05) is 0 Å². The Kier molecular flexibility index (Phi) is 2.26. The predicted octanol–water partition coefficient (Wildman–Crippen LogP) is 3.92. The Morgan fingerprint density at radius 3 is 2.40 bits per heavy atom. The van der Waals surface area contributed by atoms with Gasteiger partial charge in [-0.05, 0) is 29.7 Å². The summed E-state index contributed by atoms with van der Waals surface area (Å²) in [6, 6.07) is 6.87. The minimum atomic E-state index is -4.32. The van der Waals surface area contributed by atoms with Crippen LogP contribution in [0.15, 0.2) is 30.3 Å². The number of halogens is 3. The molecule has 0 spiro atoms. The Balaban J connectivity index is 2.70. The first-order valence-corrected chi connectivity index (χ1v) is 4.58. The zero-order valence-corrected chi connectivity index (χ0v) is 8.25. The molecule has 15 heavy (non-hydrogen) atoms. The number of H-pyrrole nitrogens is 1. The smallest absolute Gasteiger partial charge is 0.346 e. The number of nitrogens with one attached hydrogen (secondary N) is 1. The van der Waals surface area contributed by atoms with Crippen LogP contribution in [0.2, 0.25) is 0 Å². The van der Waals surface area contributed by atoms with Crippen molar-refractivity contribution in [2.75, 3.05) is 0 Å². The average Bonchev–Trinajstić information content (AvgIpc) is 2.15. The molecule has 0 fully saturated rings. The van der Waals surface area contributed by atoms with Crippen LogP contribution in [-0.4, -0.2) is 4.98 Å². The molecular weight excluding hydrogens is 223 g/mol. The molecule has 0 bridgehead atoms. The quantitative estimate of drug-likeness (QED) is 0.677. The van der Waals surface area contributed by atoms with Crippen LogP contribution in [0.5, 0.6) is 0 Å². The van der Waals surface area contributed by atoms with E-state index < -0.39 is 11.7 Å². The van der Waals surface area contributed by atoms with Gasteiger partial charge in [0.25, 0.3) is 0 Å². The van der Waals surface area contributed by atoms with Crippen molar-refractivity contribution in [3.05, 3.63) is 40.5 Å². The van der Waals surface area contributed by atoms with E-state index in [2.05, 4.69) is 4.98 Å². The van der Waals surface area contributed by atoms with Crippen molar-refractivity contribution in [2.45, 2.75) is 6.18 Å². The first-order chi connectivity index (χ1) is 6.97. The van der Waals surface area contributed by atoms with Crippen molar-refractivity contribution < 1.29 is 13.2 Å². The highest BCUT2D eigenvalue weighted by atomic mass is 32.1. The molecule has 0 atom stereocenters. The van der Waals surface area contributed by atoms with Crippen LogP contribution in [-0.2, 0) is 6.18 Å². The van der Waals surface area contributed by atoms with Crippen LogP contribution in [0.3, 0.4) is 0 Å². The van der Waals surface area contributed by atoms with Gasteiger partial charge in [-0.3, -0.25) is 0 Å². The summed E-state index contributed by atoms with van der Waals surface area (Å²) >= 11 is 4.84. The molecule has 0 aliphatic rings. The van der Waals surface area contributed by atoms with Gasteiger partial charge in [0.05, 0.1) is 5.56 Å². The molecular formula is C10H6F3NS. The van der Waals surface area contributed by atoms with Gasteiger partial charge in [-0.25, -0.2) is 0 Å². The number of aromatic amines is 1. The minimum Gasteiger partial charge on any atom is -0.346 e. The van der Waals surface area contributed by atoms with Gasteiger partial charge in [0.2, 0.25) is 0 Å². The van der Waals surface area contributed by atoms with E-state index in [0.717, 1.165) is 12.1 Å². The SMILES string of the molecule is FC(F)(F)c1ccc2ccc(=S)[nH]c2c1. The zero-order valence-electron chi connectivity index (χ0n) is 7.43. The third-order valence-corrected chi connectivity index (χ3v) is 2.29. The maximum atomic E-state index is 12.4. The fourth-order valence-corrected chi connectivity index (χ4v) is 1.50. The molecule has 1 aromatic heterocycles. The van der Waals surface area contributed by atoms with Crippen molar-refractivity contribution in [1.82, 2.24) is 4.98 Å². The highest BCUT2D eigenvalue weighted by Gasteiger charge is 2.30. The first-order valence-electron chi connectivity index (χ1n) is 4.17. The fraction of sp³-hybridized carbons (Fsp3) is 0.100. The summed E-state index contributed by atoms with van der Waals surface area (Å²) in [5, 5.41) is 0.705. The third-order valence-electron chi connectivity index (χ3n) is 2.05. The van der Waals surface area contributed by atoms with E-state index in [4.69, 9.17) is 12.2 Å². The summed E-state index contributed by atoms with van der Waals surface area (Å²) in [7, 11) is 0. The van der Waals surface area contributed by atoms with Crippen LogP contribution < -0.4 is 0 Å². The maximum Gasteiger partial charge on any atom is 0.416 e. The van der Waals surface area contributed by atoms with Gasteiger partial charge in [-0.2, -0.15) is 13.2 Å². The van der Waals surface area contributed by atoms with E-state index in [1.165, 1.54) is 6.07 Å². The molecule has 0 radical (unpaired) electrons. The normalized spacial score (nSPS) is 11.9. The van der Waals surface area contributed by atoms with Crippen LogP contribution in [0.4, 0.5) is 13.2 Å². The van der Waals surface area contributed by atoms with E-state index in [0.29, 0.717) is 15.5 Å². The van der Waals surface area contributed by atoms with Gasteiger partial charge in [0.1, 0.15) is 4.64 Å². The molecule has 0 saturated carbocycles. The van der Waals surface area contributed by atoms with Gasteiger partial charge in [-0.15, -0.1) is 0 Å². The molecule has 78 valence electrons. The van der Waals surface area contributed by atoms with E-state index in [9.17, 15) is 13.2 Å². The number of rotatable bonds is 0. The Labute approximate surface area is 88.6 Å². The number of hydrogen-bond acceptors (Lipinski definition) is 1. The third kappa shape index (κ3) is 2.02. The van der Waals surface area contributed by atoms with Gasteiger partial charge >= 0.3 is 6.18 Å². The molecule has 0 aliphatic carbocycles. The molecule has 0 unspecified atom stereocenters. The monoisotopic (exact) mass is 229 g/mol. The zero-order chi connectivity index (χ0) is 11.1. The van der Waals surface area contributed by atoms with Crippen molar-refractivity contribution in [3.63, 3.8) is 0 Å². The van der Waals surface area contributed by atoms with E-state index >= 15 is 0 Å². The summed E-state index contributed by atoms with van der Waals surface area (Å²) in [5.74, 6) is 0. The summed E-state index contributed by atoms with van der Waals surface area (Å²) in [4.78, 5) is 2.72. The fourth-order valence-electron chi connectivity index (χ4n) is 1.33. The highest BCUT2D eigenvalue weighted by molar-refractivity contribution is 7.71. The number of fused-ring (bicyclic) bond motifs is 1. The predicted molar refractivity (Wildman–Crippen MR) is 54.1 cm³/mol. The lowest BCUT2D eigenvalue weighted by Gasteiger charge is -2.07. The molecule has 0 amide bonds. The number of aromatic nitrogens is 1. The van der Waals surface area contributed by atoms with E-state index in [-0.39, 0.29) is 0 Å². The number of hydrogen-bond donors (Lipinski definition) is 1. The molecule has 5 heteroatoms.